The van der Waals surface area contributed by atoms with E-state index in [2.05, 4.69) is 12.0 Å². The van der Waals surface area contributed by atoms with E-state index < -0.39 is 5.60 Å². The van der Waals surface area contributed by atoms with Gasteiger partial charge in [0.2, 0.25) is 0 Å². The van der Waals surface area contributed by atoms with Gasteiger partial charge in [-0.25, -0.2) is 4.79 Å². The molecule has 0 N–H and O–H groups in total. The lowest BCUT2D eigenvalue weighted by Gasteiger charge is -2.30. The van der Waals surface area contributed by atoms with Crippen molar-refractivity contribution in [2.75, 3.05) is 20.1 Å². The van der Waals surface area contributed by atoms with Crippen molar-refractivity contribution in [1.29, 1.82) is 0 Å². The van der Waals surface area contributed by atoms with Crippen molar-refractivity contribution in [3.8, 4) is 0 Å². The molecule has 2 amide bonds. The Labute approximate surface area is 142 Å². The van der Waals surface area contributed by atoms with Gasteiger partial charge in [-0.15, -0.1) is 0 Å². The van der Waals surface area contributed by atoms with Gasteiger partial charge in [-0.3, -0.25) is 9.48 Å². The lowest BCUT2D eigenvalue weighted by atomic mass is 10.1. The zero-order valence-corrected chi connectivity index (χ0v) is 15.1. The third-order valence-corrected chi connectivity index (χ3v) is 4.37. The van der Waals surface area contributed by atoms with E-state index in [1.807, 2.05) is 32.5 Å². The molecule has 0 aromatic carbocycles. The monoisotopic (exact) mass is 334 g/mol. The topological polar surface area (TPSA) is 67.7 Å². The van der Waals surface area contributed by atoms with Crippen LogP contribution in [0, 0.1) is 5.92 Å². The van der Waals surface area contributed by atoms with E-state index >= 15 is 0 Å². The highest BCUT2D eigenvalue weighted by Gasteiger charge is 2.34. The predicted molar refractivity (Wildman–Crippen MR) is 88.7 cm³/mol. The molecule has 1 aromatic heterocycles. The van der Waals surface area contributed by atoms with Crippen LogP contribution in [0.4, 0.5) is 4.79 Å². The maximum Gasteiger partial charge on any atom is 0.410 e. The Balaban J connectivity index is 1.89. The van der Waals surface area contributed by atoms with Crippen LogP contribution in [-0.2, 0) is 24.2 Å². The molecule has 1 aromatic rings. The van der Waals surface area contributed by atoms with E-state index in [4.69, 9.17) is 4.74 Å². The number of nitrogens with zero attached hydrogens (tertiary/aromatic N) is 4. The number of carbonyl (C=O) groups is 2. The zero-order valence-electron chi connectivity index (χ0n) is 15.1. The van der Waals surface area contributed by atoms with Crippen LogP contribution >= 0.6 is 0 Å². The van der Waals surface area contributed by atoms with Gasteiger partial charge in [-0.2, -0.15) is 5.10 Å². The average Bonchev–Trinajstić information content (AvgIpc) is 2.75. The van der Waals surface area contributed by atoms with Crippen molar-refractivity contribution >= 4 is 12.0 Å². The highest BCUT2D eigenvalue weighted by Crippen LogP contribution is 2.27. The summed E-state index contributed by atoms with van der Waals surface area (Å²) in [6.07, 6.45) is 0.316. The second-order valence-corrected chi connectivity index (χ2v) is 7.90. The molecule has 0 fully saturated rings. The Hall–Kier alpha value is -2.05. The molecule has 0 aliphatic carbocycles. The Morgan fingerprint density at radius 2 is 2.00 bits per heavy atom. The van der Waals surface area contributed by atoms with Crippen LogP contribution in [0.2, 0.25) is 0 Å². The van der Waals surface area contributed by atoms with Gasteiger partial charge in [0.25, 0.3) is 5.91 Å². The summed E-state index contributed by atoms with van der Waals surface area (Å²) in [4.78, 5) is 28.5. The van der Waals surface area contributed by atoms with Crippen molar-refractivity contribution in [2.24, 2.45) is 5.92 Å². The van der Waals surface area contributed by atoms with Crippen LogP contribution < -0.4 is 0 Å². The van der Waals surface area contributed by atoms with Gasteiger partial charge < -0.3 is 14.5 Å². The molecule has 7 nitrogen and oxygen atoms in total. The first-order valence-electron chi connectivity index (χ1n) is 8.47. The molecule has 7 heteroatoms. The predicted octanol–water partition coefficient (Wildman–Crippen LogP) is 1.90. The summed E-state index contributed by atoms with van der Waals surface area (Å²) in [5, 5.41) is 4.65. The lowest BCUT2D eigenvalue weighted by Crippen LogP contribution is -2.40. The normalized spacial score (nSPS) is 21.2. The van der Waals surface area contributed by atoms with E-state index in [9.17, 15) is 9.59 Å². The summed E-state index contributed by atoms with van der Waals surface area (Å²) >= 11 is 0. The molecule has 0 saturated carbocycles. The SMILES string of the molecule is CC1CN(C)C(=O)c2c3c(nn2C1)CCN(C(=O)OC(C)(C)C)C3. The number of rotatable bonds is 0. The highest BCUT2D eigenvalue weighted by molar-refractivity contribution is 5.94. The van der Waals surface area contributed by atoms with Crippen molar-refractivity contribution in [1.82, 2.24) is 19.6 Å². The first-order valence-corrected chi connectivity index (χ1v) is 8.47. The molecule has 24 heavy (non-hydrogen) atoms. The third-order valence-electron chi connectivity index (χ3n) is 4.37. The van der Waals surface area contributed by atoms with Crippen LogP contribution in [0.3, 0.4) is 0 Å². The number of fused-ring (bicyclic) bond motifs is 3. The standard InChI is InChI=1S/C17H26N4O3/c1-11-8-19(5)15(22)14-12-10-20(16(23)24-17(2,3)4)7-6-13(12)18-21(14)9-11/h11H,6-10H2,1-5H3. The Morgan fingerprint density at radius 1 is 1.29 bits per heavy atom. The van der Waals surface area contributed by atoms with Crippen LogP contribution in [0.5, 0.6) is 0 Å². The van der Waals surface area contributed by atoms with Gasteiger partial charge in [0.15, 0.2) is 0 Å². The fraction of sp³-hybridized carbons (Fsp3) is 0.706. The fourth-order valence-corrected chi connectivity index (χ4v) is 3.36. The summed E-state index contributed by atoms with van der Waals surface area (Å²) in [6.45, 7) is 10.1. The number of hydrogen-bond acceptors (Lipinski definition) is 4. The molecular weight excluding hydrogens is 308 g/mol. The van der Waals surface area contributed by atoms with E-state index in [1.165, 1.54) is 0 Å². The minimum atomic E-state index is -0.529. The molecule has 0 bridgehead atoms. The quantitative estimate of drug-likeness (QED) is 0.727. The van der Waals surface area contributed by atoms with Crippen molar-refractivity contribution in [2.45, 2.75) is 52.8 Å². The van der Waals surface area contributed by atoms with Gasteiger partial charge in [0.1, 0.15) is 11.3 Å². The molecule has 3 rings (SSSR count). The minimum Gasteiger partial charge on any atom is -0.444 e. The molecule has 132 valence electrons. The molecule has 0 spiro atoms. The number of hydrogen-bond donors (Lipinski definition) is 0. The first-order chi connectivity index (χ1) is 11.2. The largest absolute Gasteiger partial charge is 0.444 e. The summed E-state index contributed by atoms with van der Waals surface area (Å²) in [7, 11) is 1.82. The van der Waals surface area contributed by atoms with Crippen molar-refractivity contribution in [3.05, 3.63) is 17.0 Å². The van der Waals surface area contributed by atoms with Crippen LogP contribution in [-0.4, -0.2) is 57.3 Å². The van der Waals surface area contributed by atoms with E-state index in [1.54, 1.807) is 9.80 Å². The Bertz CT molecular complexity index is 674. The first kappa shape index (κ1) is 16.8. The van der Waals surface area contributed by atoms with Gasteiger partial charge in [0, 0.05) is 38.7 Å². The third kappa shape index (κ3) is 3.12. The van der Waals surface area contributed by atoms with Gasteiger partial charge in [-0.05, 0) is 26.7 Å². The zero-order chi connectivity index (χ0) is 17.6. The average molecular weight is 334 g/mol. The van der Waals surface area contributed by atoms with Crippen LogP contribution in [0.15, 0.2) is 0 Å². The second-order valence-electron chi connectivity index (χ2n) is 7.90. The summed E-state index contributed by atoms with van der Waals surface area (Å²) < 4.78 is 7.30. The van der Waals surface area contributed by atoms with E-state index in [-0.39, 0.29) is 12.0 Å². The van der Waals surface area contributed by atoms with Crippen molar-refractivity contribution in [3.63, 3.8) is 0 Å². The van der Waals surface area contributed by atoms with E-state index in [0.29, 0.717) is 37.7 Å². The van der Waals surface area contributed by atoms with Gasteiger partial charge in [-0.1, -0.05) is 6.92 Å². The van der Waals surface area contributed by atoms with Gasteiger partial charge >= 0.3 is 6.09 Å². The van der Waals surface area contributed by atoms with Crippen LogP contribution in [0.1, 0.15) is 49.4 Å². The molecule has 2 aliphatic heterocycles. The number of aromatic nitrogens is 2. The van der Waals surface area contributed by atoms with Gasteiger partial charge in [0.05, 0.1) is 12.2 Å². The molecule has 3 heterocycles. The summed E-state index contributed by atoms with van der Waals surface area (Å²) in [5.74, 6) is 0.336. The maximum absolute atomic E-state index is 12.8. The summed E-state index contributed by atoms with van der Waals surface area (Å²) in [6, 6.07) is 0. The molecule has 2 aliphatic rings. The molecular formula is C17H26N4O3. The van der Waals surface area contributed by atoms with E-state index in [0.717, 1.165) is 17.8 Å². The number of ether oxygens (including phenoxy) is 1. The smallest absolute Gasteiger partial charge is 0.410 e. The Kier molecular flexibility index (Phi) is 4.05. The second kappa shape index (κ2) is 5.79. The van der Waals surface area contributed by atoms with Crippen molar-refractivity contribution < 1.29 is 14.3 Å². The summed E-state index contributed by atoms with van der Waals surface area (Å²) in [5.41, 5.74) is 1.91. The molecule has 1 atom stereocenters. The maximum atomic E-state index is 12.8. The molecule has 1 unspecified atom stereocenters. The fourth-order valence-electron chi connectivity index (χ4n) is 3.36. The molecule has 0 radical (unpaired) electrons. The Morgan fingerprint density at radius 3 is 2.67 bits per heavy atom. The number of amides is 2. The van der Waals surface area contributed by atoms with Crippen LogP contribution in [0.25, 0.3) is 0 Å². The highest BCUT2D eigenvalue weighted by atomic mass is 16.6. The minimum absolute atomic E-state index is 0.0147. The molecule has 0 saturated heterocycles. The lowest BCUT2D eigenvalue weighted by molar-refractivity contribution is 0.0222. The number of carbonyl (C=O) groups excluding carboxylic acids is 2.